The number of hydrogen-bond acceptors (Lipinski definition) is 6. The summed E-state index contributed by atoms with van der Waals surface area (Å²) in [6.07, 6.45) is 0. The molecule has 1 fully saturated rings. The van der Waals surface area contributed by atoms with E-state index in [1.54, 1.807) is 0 Å². The molecule has 4 rings (SSSR count). The maximum Gasteiger partial charge on any atom is 0.289 e. The third-order valence-electron chi connectivity index (χ3n) is 6.00. The van der Waals surface area contributed by atoms with Crippen molar-refractivity contribution in [3.8, 4) is 0 Å². The van der Waals surface area contributed by atoms with Crippen LogP contribution in [0, 0.1) is 17.0 Å². The van der Waals surface area contributed by atoms with E-state index in [9.17, 15) is 23.3 Å². The van der Waals surface area contributed by atoms with Gasteiger partial charge in [0, 0.05) is 37.9 Å². The van der Waals surface area contributed by atoms with Crippen molar-refractivity contribution in [3.05, 3.63) is 100 Å². The first kappa shape index (κ1) is 24.5. The number of amides is 1. The average Bonchev–Trinajstić information content (AvgIpc) is 2.86. The minimum absolute atomic E-state index is 0.107. The Morgan fingerprint density at radius 1 is 0.914 bits per heavy atom. The van der Waals surface area contributed by atoms with Crippen LogP contribution in [0.2, 0.25) is 0 Å². The predicted molar refractivity (Wildman–Crippen MR) is 132 cm³/mol. The SMILES string of the molecule is Cc1ccc(NC(=O)C(c2ccccc2)N2CCN(S(=O)(=O)c3ccccc3[N+](=O)[O-])CC2)cc1. The Hall–Kier alpha value is -3.60. The molecule has 0 radical (unpaired) electrons. The van der Waals surface area contributed by atoms with Gasteiger partial charge in [0.25, 0.3) is 5.69 Å². The van der Waals surface area contributed by atoms with Crippen LogP contribution < -0.4 is 5.32 Å². The quantitative estimate of drug-likeness (QED) is 0.397. The van der Waals surface area contributed by atoms with Crippen molar-refractivity contribution in [1.82, 2.24) is 9.21 Å². The van der Waals surface area contributed by atoms with Crippen molar-refractivity contribution in [1.29, 1.82) is 0 Å². The molecule has 1 aliphatic heterocycles. The molecule has 3 aromatic rings. The molecule has 1 heterocycles. The van der Waals surface area contributed by atoms with Gasteiger partial charge >= 0.3 is 0 Å². The number of nitro benzene ring substituents is 1. The fourth-order valence-corrected chi connectivity index (χ4v) is 5.76. The Labute approximate surface area is 204 Å². The number of sulfonamides is 1. The standard InChI is InChI=1S/C25H26N4O5S/c1-19-11-13-21(14-12-19)26-25(30)24(20-7-3-2-4-8-20)27-15-17-28(18-16-27)35(33,34)23-10-6-5-9-22(23)29(31)32/h2-14,24H,15-18H2,1H3,(H,26,30). The number of carbonyl (C=O) groups excluding carboxylic acids is 1. The van der Waals surface area contributed by atoms with E-state index in [1.807, 2.05) is 66.4 Å². The molecule has 0 saturated carbocycles. The molecule has 1 atom stereocenters. The summed E-state index contributed by atoms with van der Waals surface area (Å²) in [5.41, 5.74) is 2.11. The van der Waals surface area contributed by atoms with E-state index in [-0.39, 0.29) is 23.9 Å². The molecule has 10 heteroatoms. The molecular formula is C25H26N4O5S. The molecular weight excluding hydrogens is 468 g/mol. The molecule has 35 heavy (non-hydrogen) atoms. The van der Waals surface area contributed by atoms with Crippen LogP contribution in [-0.2, 0) is 14.8 Å². The third-order valence-corrected chi connectivity index (χ3v) is 7.95. The molecule has 0 spiro atoms. The van der Waals surface area contributed by atoms with Crippen LogP contribution >= 0.6 is 0 Å². The molecule has 1 aliphatic rings. The first-order valence-electron chi connectivity index (χ1n) is 11.2. The fourth-order valence-electron chi connectivity index (χ4n) is 4.18. The topological polar surface area (TPSA) is 113 Å². The summed E-state index contributed by atoms with van der Waals surface area (Å²) in [5, 5.41) is 14.3. The lowest BCUT2D eigenvalue weighted by Gasteiger charge is -2.38. The summed E-state index contributed by atoms with van der Waals surface area (Å²) in [6, 6.07) is 21.6. The van der Waals surface area contributed by atoms with Gasteiger partial charge < -0.3 is 5.32 Å². The number of anilines is 1. The monoisotopic (exact) mass is 494 g/mol. The number of hydrogen-bond donors (Lipinski definition) is 1. The molecule has 3 aromatic carbocycles. The van der Waals surface area contributed by atoms with Gasteiger partial charge in [-0.1, -0.05) is 60.2 Å². The number of benzene rings is 3. The minimum atomic E-state index is -4.06. The number of aryl methyl sites for hydroxylation is 1. The summed E-state index contributed by atoms with van der Waals surface area (Å²) in [7, 11) is -4.06. The molecule has 1 N–H and O–H groups in total. The van der Waals surface area contributed by atoms with E-state index in [4.69, 9.17) is 0 Å². The highest BCUT2D eigenvalue weighted by Crippen LogP contribution is 2.29. The van der Waals surface area contributed by atoms with Gasteiger partial charge in [0.2, 0.25) is 15.9 Å². The molecule has 1 unspecified atom stereocenters. The van der Waals surface area contributed by atoms with E-state index in [0.717, 1.165) is 11.1 Å². The average molecular weight is 495 g/mol. The summed E-state index contributed by atoms with van der Waals surface area (Å²) in [6.45, 7) is 2.77. The maximum absolute atomic E-state index is 13.4. The van der Waals surface area contributed by atoms with Crippen LogP contribution in [0.15, 0.2) is 83.8 Å². The number of nitro groups is 1. The zero-order valence-electron chi connectivity index (χ0n) is 19.2. The lowest BCUT2D eigenvalue weighted by atomic mass is 10.0. The van der Waals surface area contributed by atoms with Crippen LogP contribution in [0.1, 0.15) is 17.2 Å². The Morgan fingerprint density at radius 3 is 2.14 bits per heavy atom. The second-order valence-corrected chi connectivity index (χ2v) is 10.2. The van der Waals surface area contributed by atoms with E-state index >= 15 is 0 Å². The largest absolute Gasteiger partial charge is 0.324 e. The highest BCUT2D eigenvalue weighted by molar-refractivity contribution is 7.89. The number of nitrogens with one attached hydrogen (secondary N) is 1. The van der Waals surface area contributed by atoms with Crippen molar-refractivity contribution in [2.45, 2.75) is 17.9 Å². The number of para-hydroxylation sites is 1. The van der Waals surface area contributed by atoms with Crippen molar-refractivity contribution >= 4 is 27.3 Å². The van der Waals surface area contributed by atoms with Crippen molar-refractivity contribution in [2.24, 2.45) is 0 Å². The zero-order chi connectivity index (χ0) is 25.0. The van der Waals surface area contributed by atoms with E-state index in [0.29, 0.717) is 18.8 Å². The van der Waals surface area contributed by atoms with Gasteiger partial charge in [-0.3, -0.25) is 19.8 Å². The molecule has 182 valence electrons. The van der Waals surface area contributed by atoms with E-state index in [1.165, 1.54) is 28.6 Å². The lowest BCUT2D eigenvalue weighted by Crippen LogP contribution is -2.51. The number of rotatable bonds is 7. The van der Waals surface area contributed by atoms with Gasteiger partial charge in [0.15, 0.2) is 4.90 Å². The normalized spacial score (nSPS) is 15.9. The highest BCUT2D eigenvalue weighted by atomic mass is 32.2. The first-order valence-corrected chi connectivity index (χ1v) is 12.6. The summed E-state index contributed by atoms with van der Waals surface area (Å²) in [5.74, 6) is -0.213. The maximum atomic E-state index is 13.4. The predicted octanol–water partition coefficient (Wildman–Crippen LogP) is 3.59. The van der Waals surface area contributed by atoms with Crippen molar-refractivity contribution in [3.63, 3.8) is 0 Å². The summed E-state index contributed by atoms with van der Waals surface area (Å²) >= 11 is 0. The Morgan fingerprint density at radius 2 is 1.51 bits per heavy atom. The number of carbonyl (C=O) groups is 1. The number of piperazine rings is 1. The Balaban J connectivity index is 1.54. The Bertz CT molecular complexity index is 1310. The highest BCUT2D eigenvalue weighted by Gasteiger charge is 2.36. The van der Waals surface area contributed by atoms with Gasteiger partial charge in [-0.2, -0.15) is 4.31 Å². The second-order valence-electron chi connectivity index (χ2n) is 8.33. The molecule has 0 bridgehead atoms. The van der Waals surface area contributed by atoms with Crippen LogP contribution in [-0.4, -0.2) is 54.6 Å². The molecule has 1 saturated heterocycles. The zero-order valence-corrected chi connectivity index (χ0v) is 20.0. The summed E-state index contributed by atoms with van der Waals surface area (Å²) in [4.78, 5) is 25.6. The van der Waals surface area contributed by atoms with Crippen LogP contribution in [0.3, 0.4) is 0 Å². The van der Waals surface area contributed by atoms with E-state index in [2.05, 4.69) is 5.32 Å². The second kappa shape index (κ2) is 10.3. The summed E-state index contributed by atoms with van der Waals surface area (Å²) < 4.78 is 27.6. The van der Waals surface area contributed by atoms with Crippen LogP contribution in [0.5, 0.6) is 0 Å². The smallest absolute Gasteiger partial charge is 0.289 e. The molecule has 1 amide bonds. The lowest BCUT2D eigenvalue weighted by molar-refractivity contribution is -0.387. The third kappa shape index (κ3) is 5.40. The van der Waals surface area contributed by atoms with Gasteiger partial charge in [0.1, 0.15) is 6.04 Å². The fraction of sp³-hybridized carbons (Fsp3) is 0.240. The van der Waals surface area contributed by atoms with Gasteiger partial charge in [-0.15, -0.1) is 0 Å². The minimum Gasteiger partial charge on any atom is -0.324 e. The first-order chi connectivity index (χ1) is 16.8. The van der Waals surface area contributed by atoms with Crippen molar-refractivity contribution < 1.29 is 18.1 Å². The molecule has 9 nitrogen and oxygen atoms in total. The van der Waals surface area contributed by atoms with Crippen LogP contribution in [0.4, 0.5) is 11.4 Å². The van der Waals surface area contributed by atoms with E-state index < -0.39 is 26.7 Å². The van der Waals surface area contributed by atoms with Gasteiger partial charge in [0.05, 0.1) is 4.92 Å². The van der Waals surface area contributed by atoms with Crippen molar-refractivity contribution in [2.75, 3.05) is 31.5 Å². The van der Waals surface area contributed by atoms with Gasteiger partial charge in [-0.05, 0) is 30.7 Å². The van der Waals surface area contributed by atoms with Gasteiger partial charge in [-0.25, -0.2) is 8.42 Å². The Kier molecular flexibility index (Phi) is 7.25. The molecule has 0 aliphatic carbocycles. The number of nitrogens with zero attached hydrogens (tertiary/aromatic N) is 3. The van der Waals surface area contributed by atoms with Crippen LogP contribution in [0.25, 0.3) is 0 Å². The molecule has 0 aromatic heterocycles.